The first-order valence-corrected chi connectivity index (χ1v) is 9.05. The molecule has 2 aromatic rings. The number of nitrogens with one attached hydrogen (secondary N) is 2. The maximum absolute atomic E-state index is 11.8. The zero-order chi connectivity index (χ0) is 20.6. The van der Waals surface area contributed by atoms with Crippen molar-refractivity contribution >= 4 is 23.4 Å². The first kappa shape index (κ1) is 21.1. The minimum Gasteiger partial charge on any atom is -0.497 e. The number of benzene rings is 2. The third kappa shape index (κ3) is 7.57. The minimum atomic E-state index is -0.527. The van der Waals surface area contributed by atoms with Gasteiger partial charge in [0.15, 0.2) is 5.96 Å². The standard InChI is InChI=1S/C21H28N4O3/c1-21(2,3)28-20(26)25-16-10-8-15(9-11-16)12-13-23-19(22)24-17-6-5-7-18(14-17)27-4/h5-11,14H,12-13H2,1-4H3,(H,25,26)(H3,22,23,24). The van der Waals surface area contributed by atoms with Crippen molar-refractivity contribution in [3.05, 3.63) is 54.1 Å². The van der Waals surface area contributed by atoms with E-state index in [9.17, 15) is 4.79 Å². The first-order chi connectivity index (χ1) is 13.2. The monoisotopic (exact) mass is 384 g/mol. The number of carbonyl (C=O) groups excluding carboxylic acids is 1. The number of carbonyl (C=O) groups is 1. The van der Waals surface area contributed by atoms with Crippen LogP contribution >= 0.6 is 0 Å². The molecule has 0 saturated carbocycles. The summed E-state index contributed by atoms with van der Waals surface area (Å²) >= 11 is 0. The van der Waals surface area contributed by atoms with Gasteiger partial charge in [-0.05, 0) is 57.0 Å². The van der Waals surface area contributed by atoms with Crippen molar-refractivity contribution in [2.24, 2.45) is 10.7 Å². The second-order valence-electron chi connectivity index (χ2n) is 7.20. The van der Waals surface area contributed by atoms with Gasteiger partial charge in [-0.2, -0.15) is 0 Å². The van der Waals surface area contributed by atoms with Crippen molar-refractivity contribution < 1.29 is 14.3 Å². The Labute approximate surface area is 165 Å². The van der Waals surface area contributed by atoms with Crippen LogP contribution in [0, 0.1) is 0 Å². The Balaban J connectivity index is 1.82. The van der Waals surface area contributed by atoms with Crippen molar-refractivity contribution in [3.8, 4) is 5.75 Å². The van der Waals surface area contributed by atoms with Gasteiger partial charge in [0.2, 0.25) is 0 Å². The zero-order valence-corrected chi connectivity index (χ0v) is 16.8. The van der Waals surface area contributed by atoms with Crippen molar-refractivity contribution in [2.45, 2.75) is 32.8 Å². The molecule has 0 heterocycles. The van der Waals surface area contributed by atoms with Crippen LogP contribution in [0.25, 0.3) is 0 Å². The summed E-state index contributed by atoms with van der Waals surface area (Å²) in [6.07, 6.45) is 0.258. The summed E-state index contributed by atoms with van der Waals surface area (Å²) in [4.78, 5) is 16.1. The lowest BCUT2D eigenvalue weighted by Gasteiger charge is -2.19. The second-order valence-corrected chi connectivity index (χ2v) is 7.20. The number of amides is 1. The van der Waals surface area contributed by atoms with Gasteiger partial charge in [-0.1, -0.05) is 18.2 Å². The highest BCUT2D eigenvalue weighted by atomic mass is 16.6. The van der Waals surface area contributed by atoms with E-state index in [1.54, 1.807) is 7.11 Å². The largest absolute Gasteiger partial charge is 0.497 e. The smallest absolute Gasteiger partial charge is 0.412 e. The SMILES string of the molecule is COc1cccc(NC(N)=NCCc2ccc(NC(=O)OC(C)(C)C)cc2)c1. The molecule has 0 aromatic heterocycles. The Bertz CT molecular complexity index is 811. The van der Waals surface area contributed by atoms with Crippen LogP contribution in [0.4, 0.5) is 16.2 Å². The number of hydrogen-bond donors (Lipinski definition) is 3. The number of rotatable bonds is 6. The normalized spacial score (nSPS) is 11.6. The highest BCUT2D eigenvalue weighted by molar-refractivity contribution is 5.92. The topological polar surface area (TPSA) is 98.0 Å². The third-order valence-corrected chi connectivity index (χ3v) is 3.62. The predicted octanol–water partition coefficient (Wildman–Crippen LogP) is 4.01. The molecule has 2 rings (SSSR count). The molecule has 0 fully saturated rings. The quantitative estimate of drug-likeness (QED) is 0.516. The summed E-state index contributed by atoms with van der Waals surface area (Å²) in [5, 5.41) is 5.75. The fourth-order valence-electron chi connectivity index (χ4n) is 2.37. The maximum atomic E-state index is 11.8. The maximum Gasteiger partial charge on any atom is 0.412 e. The van der Waals surface area contributed by atoms with Gasteiger partial charge in [0.1, 0.15) is 11.4 Å². The Kier molecular flexibility index (Phi) is 7.26. The molecule has 0 aliphatic heterocycles. The fraction of sp³-hybridized carbons (Fsp3) is 0.333. The molecule has 0 bridgehead atoms. The van der Waals surface area contributed by atoms with E-state index in [1.165, 1.54) is 0 Å². The molecule has 1 amide bonds. The zero-order valence-electron chi connectivity index (χ0n) is 16.8. The van der Waals surface area contributed by atoms with Crippen LogP contribution in [0.15, 0.2) is 53.5 Å². The van der Waals surface area contributed by atoms with E-state index < -0.39 is 11.7 Å². The molecule has 0 aliphatic carbocycles. The molecule has 7 heteroatoms. The number of hydrogen-bond acceptors (Lipinski definition) is 4. The predicted molar refractivity (Wildman–Crippen MR) is 113 cm³/mol. The van der Waals surface area contributed by atoms with E-state index in [0.717, 1.165) is 23.4 Å². The van der Waals surface area contributed by atoms with Crippen molar-refractivity contribution in [2.75, 3.05) is 24.3 Å². The molecule has 0 aliphatic rings. The van der Waals surface area contributed by atoms with E-state index in [1.807, 2.05) is 69.3 Å². The molecule has 150 valence electrons. The fourth-order valence-corrected chi connectivity index (χ4v) is 2.37. The average molecular weight is 384 g/mol. The minimum absolute atomic E-state index is 0.344. The van der Waals surface area contributed by atoms with Gasteiger partial charge in [0.05, 0.1) is 7.11 Å². The Morgan fingerprint density at radius 1 is 1.07 bits per heavy atom. The van der Waals surface area contributed by atoms with E-state index >= 15 is 0 Å². The average Bonchev–Trinajstić information content (AvgIpc) is 2.61. The number of nitrogens with zero attached hydrogens (tertiary/aromatic N) is 1. The molecule has 0 atom stereocenters. The van der Waals surface area contributed by atoms with Crippen LogP contribution in [-0.2, 0) is 11.2 Å². The number of guanidine groups is 1. The van der Waals surface area contributed by atoms with Gasteiger partial charge in [0, 0.05) is 24.0 Å². The van der Waals surface area contributed by atoms with Gasteiger partial charge in [0.25, 0.3) is 0 Å². The molecular formula is C21H28N4O3. The summed E-state index contributed by atoms with van der Waals surface area (Å²) < 4.78 is 10.4. The number of nitrogens with two attached hydrogens (primary N) is 1. The van der Waals surface area contributed by atoms with Crippen LogP contribution in [-0.4, -0.2) is 31.3 Å². The molecule has 0 saturated heterocycles. The van der Waals surface area contributed by atoms with Crippen LogP contribution in [0.3, 0.4) is 0 Å². The van der Waals surface area contributed by atoms with E-state index in [-0.39, 0.29) is 0 Å². The van der Waals surface area contributed by atoms with Crippen LogP contribution in [0.5, 0.6) is 5.75 Å². The van der Waals surface area contributed by atoms with Crippen molar-refractivity contribution in [1.82, 2.24) is 0 Å². The lowest BCUT2D eigenvalue weighted by atomic mass is 10.1. The highest BCUT2D eigenvalue weighted by Gasteiger charge is 2.16. The molecule has 0 radical (unpaired) electrons. The lowest BCUT2D eigenvalue weighted by Crippen LogP contribution is -2.27. The molecule has 2 aromatic carbocycles. The first-order valence-electron chi connectivity index (χ1n) is 9.05. The van der Waals surface area contributed by atoms with Gasteiger partial charge >= 0.3 is 6.09 Å². The van der Waals surface area contributed by atoms with Gasteiger partial charge in [-0.25, -0.2) is 4.79 Å². The third-order valence-electron chi connectivity index (χ3n) is 3.62. The van der Waals surface area contributed by atoms with E-state index in [4.69, 9.17) is 15.2 Å². The molecule has 0 spiro atoms. The summed E-state index contributed by atoms with van der Waals surface area (Å²) in [6, 6.07) is 15.0. The molecule has 4 N–H and O–H groups in total. The van der Waals surface area contributed by atoms with Gasteiger partial charge in [-0.3, -0.25) is 10.3 Å². The summed E-state index contributed by atoms with van der Waals surface area (Å²) in [6.45, 7) is 6.02. The molecule has 0 unspecified atom stereocenters. The van der Waals surface area contributed by atoms with Crippen LogP contribution in [0.2, 0.25) is 0 Å². The molecule has 7 nitrogen and oxygen atoms in total. The Hall–Kier alpha value is -3.22. The molecule has 28 heavy (non-hydrogen) atoms. The number of aliphatic imine (C=N–C) groups is 1. The van der Waals surface area contributed by atoms with E-state index in [0.29, 0.717) is 18.2 Å². The Morgan fingerprint density at radius 2 is 1.79 bits per heavy atom. The van der Waals surface area contributed by atoms with Crippen LogP contribution < -0.4 is 21.1 Å². The number of ether oxygens (including phenoxy) is 2. The Morgan fingerprint density at radius 3 is 2.43 bits per heavy atom. The summed E-state index contributed by atoms with van der Waals surface area (Å²) in [7, 11) is 1.62. The second kappa shape index (κ2) is 9.64. The number of methoxy groups -OCH3 is 1. The lowest BCUT2D eigenvalue weighted by molar-refractivity contribution is 0.0636. The van der Waals surface area contributed by atoms with Crippen molar-refractivity contribution in [1.29, 1.82) is 0 Å². The molecular weight excluding hydrogens is 356 g/mol. The highest BCUT2D eigenvalue weighted by Crippen LogP contribution is 2.16. The van der Waals surface area contributed by atoms with Gasteiger partial charge < -0.3 is 20.5 Å². The van der Waals surface area contributed by atoms with Gasteiger partial charge in [-0.15, -0.1) is 0 Å². The number of anilines is 2. The van der Waals surface area contributed by atoms with E-state index in [2.05, 4.69) is 15.6 Å². The summed E-state index contributed by atoms with van der Waals surface area (Å²) in [5.41, 5.74) is 7.99. The van der Waals surface area contributed by atoms with Crippen molar-refractivity contribution in [3.63, 3.8) is 0 Å². The summed E-state index contributed by atoms with van der Waals surface area (Å²) in [5.74, 6) is 1.09. The van der Waals surface area contributed by atoms with Crippen LogP contribution in [0.1, 0.15) is 26.3 Å².